The fraction of sp³-hybridized carbons (Fsp3) is 0.550. The summed E-state index contributed by atoms with van der Waals surface area (Å²) in [6, 6.07) is 8.89. The van der Waals surface area contributed by atoms with E-state index in [4.69, 9.17) is 4.52 Å². The number of aryl methyl sites for hydroxylation is 2. The molecular formula is C20H25N3O2. The molecule has 0 N–H and O–H groups in total. The van der Waals surface area contributed by atoms with Gasteiger partial charge in [0.05, 0.1) is 0 Å². The minimum absolute atomic E-state index is 0.214. The minimum Gasteiger partial charge on any atom is -0.342 e. The molecule has 0 spiro atoms. The molecule has 25 heavy (non-hydrogen) atoms. The van der Waals surface area contributed by atoms with Gasteiger partial charge in [-0.2, -0.15) is 4.98 Å². The summed E-state index contributed by atoms with van der Waals surface area (Å²) in [7, 11) is 1.94. The molecule has 0 radical (unpaired) electrons. The Bertz CT molecular complexity index is 751. The Hall–Kier alpha value is -2.17. The van der Waals surface area contributed by atoms with Gasteiger partial charge in [-0.05, 0) is 49.7 Å². The first kappa shape index (κ1) is 16.3. The van der Waals surface area contributed by atoms with Gasteiger partial charge in [-0.1, -0.05) is 29.4 Å². The van der Waals surface area contributed by atoms with E-state index in [0.29, 0.717) is 30.7 Å². The molecule has 0 bridgehead atoms. The Morgan fingerprint density at radius 3 is 2.84 bits per heavy atom. The van der Waals surface area contributed by atoms with Crippen molar-refractivity contribution in [2.45, 2.75) is 63.3 Å². The molecule has 132 valence electrons. The molecule has 1 amide bonds. The van der Waals surface area contributed by atoms with Gasteiger partial charge in [0.25, 0.3) is 0 Å². The van der Waals surface area contributed by atoms with Gasteiger partial charge in [0.1, 0.15) is 0 Å². The summed E-state index contributed by atoms with van der Waals surface area (Å²) in [4.78, 5) is 18.9. The van der Waals surface area contributed by atoms with Crippen LogP contribution in [0.4, 0.5) is 0 Å². The maximum atomic E-state index is 12.5. The van der Waals surface area contributed by atoms with E-state index in [-0.39, 0.29) is 5.91 Å². The first-order valence-electron chi connectivity index (χ1n) is 9.35. The first-order chi connectivity index (χ1) is 12.2. The van der Waals surface area contributed by atoms with Crippen molar-refractivity contribution >= 4 is 5.91 Å². The second kappa shape index (κ2) is 6.98. The number of likely N-dealkylation sites (N-methyl/N-ethyl adjacent to an activating group) is 1. The molecule has 1 aromatic heterocycles. The predicted molar refractivity (Wildman–Crippen MR) is 94.2 cm³/mol. The predicted octanol–water partition coefficient (Wildman–Crippen LogP) is 3.29. The third-order valence-electron chi connectivity index (χ3n) is 5.47. The van der Waals surface area contributed by atoms with Crippen LogP contribution in [0, 0.1) is 0 Å². The van der Waals surface area contributed by atoms with Crippen molar-refractivity contribution in [1.82, 2.24) is 15.0 Å². The van der Waals surface area contributed by atoms with Crippen LogP contribution in [0.15, 0.2) is 28.8 Å². The van der Waals surface area contributed by atoms with Crippen LogP contribution in [0.1, 0.15) is 60.9 Å². The second-order valence-corrected chi connectivity index (χ2v) is 7.34. The van der Waals surface area contributed by atoms with Crippen LogP contribution in [-0.4, -0.2) is 34.0 Å². The van der Waals surface area contributed by atoms with E-state index in [1.165, 1.54) is 24.0 Å². The lowest BCUT2D eigenvalue weighted by molar-refractivity contribution is -0.132. The third-order valence-corrected chi connectivity index (χ3v) is 5.47. The Balaban J connectivity index is 1.26. The van der Waals surface area contributed by atoms with Gasteiger partial charge in [-0.25, -0.2) is 0 Å². The van der Waals surface area contributed by atoms with Crippen molar-refractivity contribution in [3.05, 3.63) is 47.1 Å². The van der Waals surface area contributed by atoms with Crippen molar-refractivity contribution in [3.8, 4) is 0 Å². The largest absolute Gasteiger partial charge is 0.342 e. The summed E-state index contributed by atoms with van der Waals surface area (Å²) < 4.78 is 5.28. The number of rotatable bonds is 6. The molecule has 0 saturated heterocycles. The second-order valence-electron chi connectivity index (χ2n) is 7.34. The van der Waals surface area contributed by atoms with E-state index < -0.39 is 0 Å². The Morgan fingerprint density at radius 2 is 2.04 bits per heavy atom. The van der Waals surface area contributed by atoms with E-state index in [9.17, 15) is 4.79 Å². The van der Waals surface area contributed by atoms with Crippen molar-refractivity contribution in [2.24, 2.45) is 0 Å². The van der Waals surface area contributed by atoms with Gasteiger partial charge in [0.2, 0.25) is 11.8 Å². The van der Waals surface area contributed by atoms with Crippen LogP contribution in [-0.2, 0) is 24.1 Å². The van der Waals surface area contributed by atoms with Gasteiger partial charge in [0, 0.05) is 31.8 Å². The molecule has 1 atom stereocenters. The highest BCUT2D eigenvalue weighted by Gasteiger charge is 2.29. The highest BCUT2D eigenvalue weighted by molar-refractivity contribution is 5.76. The number of hydrogen-bond acceptors (Lipinski definition) is 4. The smallest absolute Gasteiger partial charge is 0.226 e. The van der Waals surface area contributed by atoms with Crippen molar-refractivity contribution in [3.63, 3.8) is 0 Å². The molecule has 0 aliphatic heterocycles. The molecular weight excluding hydrogens is 314 g/mol. The van der Waals surface area contributed by atoms with Gasteiger partial charge in [-0.3, -0.25) is 4.79 Å². The zero-order valence-corrected chi connectivity index (χ0v) is 14.8. The number of nitrogens with zero attached hydrogens (tertiary/aromatic N) is 3. The number of hydrogen-bond donors (Lipinski definition) is 0. The Kier molecular flexibility index (Phi) is 4.55. The summed E-state index contributed by atoms with van der Waals surface area (Å²) in [6.45, 7) is 0. The van der Waals surface area contributed by atoms with E-state index in [2.05, 4.69) is 34.4 Å². The molecule has 1 aromatic carbocycles. The van der Waals surface area contributed by atoms with Gasteiger partial charge in [0.15, 0.2) is 5.82 Å². The highest BCUT2D eigenvalue weighted by Crippen LogP contribution is 2.38. The van der Waals surface area contributed by atoms with E-state index in [0.717, 1.165) is 31.5 Å². The maximum Gasteiger partial charge on any atom is 0.226 e. The number of carbonyl (C=O) groups excluding carboxylic acids is 1. The summed E-state index contributed by atoms with van der Waals surface area (Å²) in [5.74, 6) is 2.24. The first-order valence-corrected chi connectivity index (χ1v) is 9.35. The van der Waals surface area contributed by atoms with Crippen molar-refractivity contribution in [1.29, 1.82) is 0 Å². The summed E-state index contributed by atoms with van der Waals surface area (Å²) >= 11 is 0. The number of amides is 1. The zero-order valence-electron chi connectivity index (χ0n) is 14.8. The molecule has 5 nitrogen and oxygen atoms in total. The highest BCUT2D eigenvalue weighted by atomic mass is 16.5. The Labute approximate surface area is 148 Å². The van der Waals surface area contributed by atoms with E-state index >= 15 is 0 Å². The average Bonchev–Trinajstić information content (AvgIpc) is 3.39. The summed E-state index contributed by atoms with van der Waals surface area (Å²) in [5, 5.41) is 4.02. The molecule has 1 saturated carbocycles. The fourth-order valence-electron chi connectivity index (χ4n) is 3.66. The number of aromatic nitrogens is 2. The van der Waals surface area contributed by atoms with Gasteiger partial charge in [-0.15, -0.1) is 0 Å². The summed E-state index contributed by atoms with van der Waals surface area (Å²) in [6.07, 6.45) is 7.41. The summed E-state index contributed by atoms with van der Waals surface area (Å²) in [5.41, 5.74) is 2.82. The van der Waals surface area contributed by atoms with Gasteiger partial charge < -0.3 is 9.42 Å². The van der Waals surface area contributed by atoms with Crippen LogP contribution in [0.3, 0.4) is 0 Å². The van der Waals surface area contributed by atoms with Gasteiger partial charge >= 0.3 is 0 Å². The zero-order chi connectivity index (χ0) is 17.2. The molecule has 2 aliphatic rings. The minimum atomic E-state index is 0.214. The number of benzene rings is 1. The van der Waals surface area contributed by atoms with E-state index in [1.54, 1.807) is 0 Å². The SMILES string of the molecule is CN(C(=O)CCCc1nc(C2CC2)no1)C1CCc2ccccc2C1. The lowest BCUT2D eigenvalue weighted by Gasteiger charge is -2.32. The van der Waals surface area contributed by atoms with Crippen molar-refractivity contribution in [2.75, 3.05) is 7.05 Å². The van der Waals surface area contributed by atoms with Crippen LogP contribution < -0.4 is 0 Å². The molecule has 1 unspecified atom stereocenters. The standard InChI is InChI=1S/C20H25N3O2/c1-23(17-12-11-14-5-2-3-6-16(14)13-17)19(24)8-4-7-18-21-20(22-25-18)15-9-10-15/h2-3,5-6,15,17H,4,7-13H2,1H3. The maximum absolute atomic E-state index is 12.5. The molecule has 1 fully saturated rings. The molecule has 2 aliphatic carbocycles. The van der Waals surface area contributed by atoms with E-state index in [1.807, 2.05) is 11.9 Å². The number of fused-ring (bicyclic) bond motifs is 1. The molecule has 4 rings (SSSR count). The topological polar surface area (TPSA) is 59.2 Å². The Morgan fingerprint density at radius 1 is 1.24 bits per heavy atom. The van der Waals surface area contributed by atoms with Crippen LogP contribution in [0.2, 0.25) is 0 Å². The van der Waals surface area contributed by atoms with Crippen LogP contribution >= 0.6 is 0 Å². The normalized spacial score (nSPS) is 19.5. The van der Waals surface area contributed by atoms with Crippen molar-refractivity contribution < 1.29 is 9.32 Å². The van der Waals surface area contributed by atoms with Crippen LogP contribution in [0.5, 0.6) is 0 Å². The fourth-order valence-corrected chi connectivity index (χ4v) is 3.66. The number of carbonyl (C=O) groups is 1. The lowest BCUT2D eigenvalue weighted by atomic mass is 9.87. The average molecular weight is 339 g/mol. The van der Waals surface area contributed by atoms with Crippen LogP contribution in [0.25, 0.3) is 0 Å². The monoisotopic (exact) mass is 339 g/mol. The lowest BCUT2D eigenvalue weighted by Crippen LogP contribution is -2.40. The molecule has 2 aromatic rings. The molecule has 1 heterocycles. The third kappa shape index (κ3) is 3.75. The molecule has 5 heteroatoms. The quantitative estimate of drug-likeness (QED) is 0.810.